The molecule has 0 aliphatic rings. The first-order chi connectivity index (χ1) is 9.28. The van der Waals surface area contributed by atoms with Crippen molar-refractivity contribution in [3.05, 3.63) is 70.7 Å². The lowest BCUT2D eigenvalue weighted by molar-refractivity contribution is -0.118. The Balaban J connectivity index is 2.03. The molecule has 0 spiro atoms. The maximum absolute atomic E-state index is 11.0. The Bertz CT molecular complexity index is 552. The molecule has 0 heterocycles. The van der Waals surface area contributed by atoms with Gasteiger partial charge >= 0.3 is 0 Å². The molecule has 0 unspecified atom stereocenters. The minimum atomic E-state index is 0.453. The van der Waals surface area contributed by atoms with E-state index in [1.807, 2.05) is 42.5 Å². The summed E-state index contributed by atoms with van der Waals surface area (Å²) in [6.45, 7) is 0.453. The second-order valence-electron chi connectivity index (χ2n) is 3.98. The van der Waals surface area contributed by atoms with Crippen molar-refractivity contribution in [3.63, 3.8) is 0 Å². The van der Waals surface area contributed by atoms with Gasteiger partial charge in [-0.15, -0.1) is 0 Å². The normalized spacial score (nSPS) is 10.6. The van der Waals surface area contributed by atoms with Crippen molar-refractivity contribution in [1.82, 2.24) is 5.01 Å². The molecule has 1 amide bonds. The van der Waals surface area contributed by atoms with Crippen LogP contribution >= 0.6 is 11.6 Å². The lowest BCUT2D eigenvalue weighted by atomic mass is 10.2. The van der Waals surface area contributed by atoms with Gasteiger partial charge in [-0.25, -0.2) is 5.01 Å². The van der Waals surface area contributed by atoms with Gasteiger partial charge in [0.2, 0.25) is 6.41 Å². The fourth-order valence-corrected chi connectivity index (χ4v) is 1.69. The fraction of sp³-hybridized carbons (Fsp3) is 0.0667. The van der Waals surface area contributed by atoms with E-state index in [2.05, 4.69) is 5.10 Å². The summed E-state index contributed by atoms with van der Waals surface area (Å²) in [5.74, 6) is 0. The highest BCUT2D eigenvalue weighted by atomic mass is 35.5. The van der Waals surface area contributed by atoms with E-state index in [4.69, 9.17) is 11.6 Å². The van der Waals surface area contributed by atoms with Crippen molar-refractivity contribution in [1.29, 1.82) is 0 Å². The van der Waals surface area contributed by atoms with Crippen LogP contribution in [0.3, 0.4) is 0 Å². The fourth-order valence-electron chi connectivity index (χ4n) is 1.57. The molecule has 0 saturated heterocycles. The monoisotopic (exact) mass is 272 g/mol. The molecule has 2 rings (SSSR count). The first-order valence-corrected chi connectivity index (χ1v) is 6.21. The minimum absolute atomic E-state index is 0.453. The molecular formula is C15H13ClN2O. The molecule has 96 valence electrons. The number of hydrogen-bond donors (Lipinski definition) is 0. The van der Waals surface area contributed by atoms with Crippen LogP contribution in [-0.4, -0.2) is 17.6 Å². The van der Waals surface area contributed by atoms with E-state index in [9.17, 15) is 4.79 Å². The second kappa shape index (κ2) is 6.71. The molecule has 0 N–H and O–H groups in total. The summed E-state index contributed by atoms with van der Waals surface area (Å²) in [4.78, 5) is 11.0. The van der Waals surface area contributed by atoms with E-state index in [1.165, 1.54) is 5.01 Å². The van der Waals surface area contributed by atoms with Gasteiger partial charge in [0.25, 0.3) is 0 Å². The van der Waals surface area contributed by atoms with Gasteiger partial charge in [-0.2, -0.15) is 5.10 Å². The highest BCUT2D eigenvalue weighted by molar-refractivity contribution is 6.30. The molecule has 2 aromatic carbocycles. The van der Waals surface area contributed by atoms with Crippen LogP contribution in [0.2, 0.25) is 5.02 Å². The van der Waals surface area contributed by atoms with Gasteiger partial charge in [0.1, 0.15) is 0 Å². The molecule has 19 heavy (non-hydrogen) atoms. The molecule has 0 bridgehead atoms. The molecule has 0 saturated carbocycles. The summed E-state index contributed by atoms with van der Waals surface area (Å²) >= 11 is 5.80. The number of carbonyl (C=O) groups excluding carboxylic acids is 1. The zero-order chi connectivity index (χ0) is 13.5. The Kier molecular flexibility index (Phi) is 4.70. The van der Waals surface area contributed by atoms with Gasteiger partial charge in [0, 0.05) is 5.02 Å². The maximum Gasteiger partial charge on any atom is 0.230 e. The Morgan fingerprint density at radius 1 is 1.05 bits per heavy atom. The van der Waals surface area contributed by atoms with E-state index in [0.717, 1.165) is 11.1 Å². The molecule has 0 fully saturated rings. The number of rotatable bonds is 5. The van der Waals surface area contributed by atoms with Crippen LogP contribution in [0.4, 0.5) is 0 Å². The van der Waals surface area contributed by atoms with Crippen molar-refractivity contribution >= 4 is 24.2 Å². The van der Waals surface area contributed by atoms with E-state index in [-0.39, 0.29) is 0 Å². The highest BCUT2D eigenvalue weighted by Gasteiger charge is 1.99. The number of carbonyl (C=O) groups is 1. The number of amides is 1. The molecule has 4 heteroatoms. The number of hydrazone groups is 1. The third kappa shape index (κ3) is 4.23. The number of nitrogens with zero attached hydrogens (tertiary/aromatic N) is 2. The molecule has 2 aromatic rings. The molecule has 0 atom stereocenters. The molecular weight excluding hydrogens is 260 g/mol. The number of halogens is 1. The van der Waals surface area contributed by atoms with Crippen molar-refractivity contribution in [2.75, 3.05) is 0 Å². The van der Waals surface area contributed by atoms with E-state index in [0.29, 0.717) is 18.0 Å². The summed E-state index contributed by atoms with van der Waals surface area (Å²) in [7, 11) is 0. The summed E-state index contributed by atoms with van der Waals surface area (Å²) in [6.07, 6.45) is 2.34. The Labute approximate surface area is 117 Å². The van der Waals surface area contributed by atoms with Crippen molar-refractivity contribution in [3.8, 4) is 0 Å². The summed E-state index contributed by atoms with van der Waals surface area (Å²) in [5, 5.41) is 6.16. The average Bonchev–Trinajstić information content (AvgIpc) is 2.46. The Morgan fingerprint density at radius 2 is 1.74 bits per heavy atom. The predicted molar refractivity (Wildman–Crippen MR) is 77.1 cm³/mol. The van der Waals surface area contributed by atoms with Crippen LogP contribution in [0, 0.1) is 0 Å². The standard InChI is InChI=1S/C15H13ClN2O/c16-15-8-6-13(7-9-15)10-17-18(12-19)11-14-4-2-1-3-5-14/h1-10,12H,11H2/b17-10-. The second-order valence-corrected chi connectivity index (χ2v) is 4.42. The lowest BCUT2D eigenvalue weighted by Crippen LogP contribution is -2.14. The lowest BCUT2D eigenvalue weighted by Gasteiger charge is -2.10. The van der Waals surface area contributed by atoms with Gasteiger partial charge in [-0.05, 0) is 23.3 Å². The molecule has 3 nitrogen and oxygen atoms in total. The first-order valence-electron chi connectivity index (χ1n) is 5.83. The largest absolute Gasteiger partial charge is 0.277 e. The van der Waals surface area contributed by atoms with Crippen molar-refractivity contribution in [2.24, 2.45) is 5.10 Å². The topological polar surface area (TPSA) is 32.7 Å². The highest BCUT2D eigenvalue weighted by Crippen LogP contribution is 2.08. The van der Waals surface area contributed by atoms with Crippen LogP contribution in [-0.2, 0) is 11.3 Å². The van der Waals surface area contributed by atoms with Crippen LogP contribution in [0.25, 0.3) is 0 Å². The van der Waals surface area contributed by atoms with Crippen LogP contribution in [0.1, 0.15) is 11.1 Å². The maximum atomic E-state index is 11.0. The molecule has 0 aromatic heterocycles. The number of benzene rings is 2. The molecule has 0 radical (unpaired) electrons. The smallest absolute Gasteiger partial charge is 0.230 e. The van der Waals surface area contributed by atoms with Gasteiger partial charge < -0.3 is 0 Å². The number of hydrogen-bond acceptors (Lipinski definition) is 2. The van der Waals surface area contributed by atoms with Gasteiger partial charge in [0.05, 0.1) is 12.8 Å². The van der Waals surface area contributed by atoms with Gasteiger partial charge in [-0.3, -0.25) is 4.79 Å². The van der Waals surface area contributed by atoms with Gasteiger partial charge in [0.15, 0.2) is 0 Å². The van der Waals surface area contributed by atoms with E-state index < -0.39 is 0 Å². The zero-order valence-corrected chi connectivity index (χ0v) is 11.0. The predicted octanol–water partition coefficient (Wildman–Crippen LogP) is 3.33. The summed E-state index contributed by atoms with van der Waals surface area (Å²) < 4.78 is 0. The Morgan fingerprint density at radius 3 is 2.37 bits per heavy atom. The average molecular weight is 273 g/mol. The first kappa shape index (κ1) is 13.3. The molecule has 0 aliphatic heterocycles. The Hall–Kier alpha value is -2.13. The molecule has 0 aliphatic carbocycles. The van der Waals surface area contributed by atoms with E-state index >= 15 is 0 Å². The van der Waals surface area contributed by atoms with Crippen LogP contribution in [0.15, 0.2) is 59.7 Å². The summed E-state index contributed by atoms with van der Waals surface area (Å²) in [6, 6.07) is 17.0. The van der Waals surface area contributed by atoms with Gasteiger partial charge in [-0.1, -0.05) is 54.1 Å². The SMILES string of the molecule is O=CN(Cc1ccccc1)/N=C\c1ccc(Cl)cc1. The quantitative estimate of drug-likeness (QED) is 0.467. The van der Waals surface area contributed by atoms with Crippen molar-refractivity contribution in [2.45, 2.75) is 6.54 Å². The third-order valence-corrected chi connectivity index (χ3v) is 2.79. The third-order valence-electron chi connectivity index (χ3n) is 2.53. The van der Waals surface area contributed by atoms with Crippen LogP contribution < -0.4 is 0 Å². The van der Waals surface area contributed by atoms with Crippen molar-refractivity contribution < 1.29 is 4.79 Å². The minimum Gasteiger partial charge on any atom is -0.277 e. The zero-order valence-electron chi connectivity index (χ0n) is 10.2. The van der Waals surface area contributed by atoms with E-state index in [1.54, 1.807) is 18.3 Å². The van der Waals surface area contributed by atoms with Crippen LogP contribution in [0.5, 0.6) is 0 Å². The summed E-state index contributed by atoms with van der Waals surface area (Å²) in [5.41, 5.74) is 1.92.